The second-order valence-corrected chi connectivity index (χ2v) is 5.84. The number of nitro groups is 1. The SMILES string of the molecule is COC(=O)c1ccccc1Nc1c([N+](=O)[O-])cnc2c1c(=O)n(C)c(=O)n2C. The van der Waals surface area contributed by atoms with Crippen molar-refractivity contribution in [1.82, 2.24) is 14.1 Å². The van der Waals surface area contributed by atoms with Gasteiger partial charge in [0.15, 0.2) is 5.65 Å². The number of hydrogen-bond donors (Lipinski definition) is 1. The molecule has 0 radical (unpaired) electrons. The van der Waals surface area contributed by atoms with Gasteiger partial charge in [-0.05, 0) is 12.1 Å². The average molecular weight is 385 g/mol. The normalized spacial score (nSPS) is 10.7. The van der Waals surface area contributed by atoms with Crippen molar-refractivity contribution >= 4 is 34.1 Å². The predicted octanol–water partition coefficient (Wildman–Crippen LogP) is 1.07. The number of carbonyl (C=O) groups excluding carboxylic acids is 1. The van der Waals surface area contributed by atoms with E-state index in [1.54, 1.807) is 12.1 Å². The van der Waals surface area contributed by atoms with Crippen LogP contribution in [0.2, 0.25) is 0 Å². The molecule has 11 heteroatoms. The van der Waals surface area contributed by atoms with E-state index in [1.807, 2.05) is 0 Å². The summed E-state index contributed by atoms with van der Waals surface area (Å²) in [5.41, 5.74) is -1.76. The molecule has 144 valence electrons. The minimum atomic E-state index is -0.757. The topological polar surface area (TPSA) is 138 Å². The van der Waals surface area contributed by atoms with Gasteiger partial charge in [-0.2, -0.15) is 0 Å². The Hall–Kier alpha value is -4.02. The van der Waals surface area contributed by atoms with Gasteiger partial charge in [0.05, 0.1) is 23.3 Å². The highest BCUT2D eigenvalue weighted by atomic mass is 16.6. The highest BCUT2D eigenvalue weighted by Gasteiger charge is 2.25. The van der Waals surface area contributed by atoms with E-state index in [0.29, 0.717) is 0 Å². The summed E-state index contributed by atoms with van der Waals surface area (Å²) in [5.74, 6) is -0.663. The number of para-hydroxylation sites is 1. The lowest BCUT2D eigenvalue weighted by Gasteiger charge is -2.14. The molecule has 11 nitrogen and oxygen atoms in total. The van der Waals surface area contributed by atoms with Gasteiger partial charge in [-0.25, -0.2) is 14.6 Å². The summed E-state index contributed by atoms with van der Waals surface area (Å²) < 4.78 is 6.65. The summed E-state index contributed by atoms with van der Waals surface area (Å²) in [5, 5.41) is 14.2. The van der Waals surface area contributed by atoms with Gasteiger partial charge in [0, 0.05) is 14.1 Å². The fourth-order valence-electron chi connectivity index (χ4n) is 2.80. The van der Waals surface area contributed by atoms with Crippen LogP contribution < -0.4 is 16.6 Å². The Bertz CT molecular complexity index is 1240. The standard InChI is InChI=1S/C17H15N5O6/c1-20-14-12(15(23)21(2)17(20)25)13(11(8-18-14)22(26)27)19-10-7-5-4-6-9(10)16(24)28-3/h4-8H,1-3H3,(H,18,19). The molecule has 0 aliphatic carbocycles. The number of fused-ring (bicyclic) bond motifs is 1. The van der Waals surface area contributed by atoms with Crippen molar-refractivity contribution in [3.8, 4) is 0 Å². The number of methoxy groups -OCH3 is 1. The molecule has 0 unspecified atom stereocenters. The molecule has 0 atom stereocenters. The number of pyridine rings is 1. The first-order valence-corrected chi connectivity index (χ1v) is 7.95. The van der Waals surface area contributed by atoms with Gasteiger partial charge in [0.2, 0.25) is 0 Å². The monoisotopic (exact) mass is 385 g/mol. The van der Waals surface area contributed by atoms with E-state index in [4.69, 9.17) is 4.74 Å². The molecule has 0 fully saturated rings. The summed E-state index contributed by atoms with van der Waals surface area (Å²) in [6, 6.07) is 6.18. The lowest BCUT2D eigenvalue weighted by molar-refractivity contribution is -0.384. The Balaban J connectivity index is 2.39. The highest BCUT2D eigenvalue weighted by molar-refractivity contribution is 6.00. The van der Waals surface area contributed by atoms with Gasteiger partial charge in [-0.1, -0.05) is 12.1 Å². The number of anilines is 2. The van der Waals surface area contributed by atoms with E-state index in [2.05, 4.69) is 10.3 Å². The summed E-state index contributed by atoms with van der Waals surface area (Å²) in [6.07, 6.45) is 0.949. The third-order valence-electron chi connectivity index (χ3n) is 4.24. The fraction of sp³-hybridized carbons (Fsp3) is 0.176. The molecule has 0 saturated carbocycles. The molecule has 2 aromatic heterocycles. The van der Waals surface area contributed by atoms with Gasteiger partial charge >= 0.3 is 17.3 Å². The van der Waals surface area contributed by atoms with Crippen LogP contribution in [-0.2, 0) is 18.8 Å². The summed E-state index contributed by atoms with van der Waals surface area (Å²) in [4.78, 5) is 51.6. The summed E-state index contributed by atoms with van der Waals surface area (Å²) in [6.45, 7) is 0. The molecule has 0 aliphatic heterocycles. The van der Waals surface area contributed by atoms with Gasteiger partial charge in [0.1, 0.15) is 17.3 Å². The van der Waals surface area contributed by atoms with Gasteiger partial charge < -0.3 is 10.1 Å². The minimum Gasteiger partial charge on any atom is -0.465 e. The minimum absolute atomic E-state index is 0.0308. The molecule has 0 spiro atoms. The lowest BCUT2D eigenvalue weighted by atomic mass is 10.1. The molecule has 3 aromatic rings. The Labute approximate surface area is 157 Å². The first-order chi connectivity index (χ1) is 13.3. The number of hydrogen-bond acceptors (Lipinski definition) is 8. The smallest absolute Gasteiger partial charge is 0.339 e. The van der Waals surface area contributed by atoms with Crippen molar-refractivity contribution in [2.24, 2.45) is 14.1 Å². The van der Waals surface area contributed by atoms with Crippen LogP contribution in [0.5, 0.6) is 0 Å². The number of esters is 1. The zero-order valence-corrected chi connectivity index (χ0v) is 15.1. The van der Waals surface area contributed by atoms with E-state index in [1.165, 1.54) is 33.3 Å². The Morgan fingerprint density at radius 2 is 1.89 bits per heavy atom. The predicted molar refractivity (Wildman–Crippen MR) is 99.9 cm³/mol. The Morgan fingerprint density at radius 3 is 2.54 bits per heavy atom. The molecule has 3 rings (SSSR count). The van der Waals surface area contributed by atoms with Gasteiger partial charge in [0.25, 0.3) is 5.56 Å². The molecule has 0 saturated heterocycles. The molecule has 0 aliphatic rings. The van der Waals surface area contributed by atoms with E-state index < -0.39 is 27.8 Å². The molecule has 28 heavy (non-hydrogen) atoms. The number of benzene rings is 1. The lowest BCUT2D eigenvalue weighted by Crippen LogP contribution is -2.37. The fourth-order valence-corrected chi connectivity index (χ4v) is 2.80. The average Bonchev–Trinajstić information content (AvgIpc) is 2.69. The van der Waals surface area contributed by atoms with Gasteiger partial charge in [-0.3, -0.25) is 24.0 Å². The maximum Gasteiger partial charge on any atom is 0.339 e. The zero-order chi connectivity index (χ0) is 20.6. The highest BCUT2D eigenvalue weighted by Crippen LogP contribution is 2.33. The van der Waals surface area contributed by atoms with Gasteiger partial charge in [-0.15, -0.1) is 0 Å². The van der Waals surface area contributed by atoms with E-state index in [0.717, 1.165) is 15.3 Å². The van der Waals surface area contributed by atoms with E-state index >= 15 is 0 Å². The molecular formula is C17H15N5O6. The van der Waals surface area contributed by atoms with Crippen LogP contribution in [0.15, 0.2) is 40.1 Å². The number of nitrogens with one attached hydrogen (secondary N) is 1. The van der Waals surface area contributed by atoms with Crippen molar-refractivity contribution in [1.29, 1.82) is 0 Å². The maximum atomic E-state index is 12.7. The second kappa shape index (κ2) is 6.95. The molecule has 1 N–H and O–H groups in total. The van der Waals surface area contributed by atoms with Crippen molar-refractivity contribution < 1.29 is 14.5 Å². The first-order valence-electron chi connectivity index (χ1n) is 7.95. The van der Waals surface area contributed by atoms with Crippen molar-refractivity contribution in [2.75, 3.05) is 12.4 Å². The maximum absolute atomic E-state index is 12.7. The number of aromatic nitrogens is 3. The van der Waals surface area contributed by atoms with E-state index in [-0.39, 0.29) is 28.0 Å². The molecule has 0 amide bonds. The number of nitrogens with zero attached hydrogens (tertiary/aromatic N) is 4. The first kappa shape index (κ1) is 18.8. The molecule has 1 aromatic carbocycles. The van der Waals surface area contributed by atoms with Crippen LogP contribution in [0.1, 0.15) is 10.4 Å². The van der Waals surface area contributed by atoms with Crippen LogP contribution in [0, 0.1) is 10.1 Å². The summed E-state index contributed by atoms with van der Waals surface area (Å²) in [7, 11) is 3.86. The number of ether oxygens (including phenoxy) is 1. The van der Waals surface area contributed by atoms with Crippen LogP contribution in [0.3, 0.4) is 0 Å². The Kier molecular flexibility index (Phi) is 4.65. The molecular weight excluding hydrogens is 370 g/mol. The van der Waals surface area contributed by atoms with Crippen LogP contribution in [0.25, 0.3) is 11.0 Å². The number of rotatable bonds is 4. The largest absolute Gasteiger partial charge is 0.465 e. The van der Waals surface area contributed by atoms with Crippen LogP contribution in [0.4, 0.5) is 17.1 Å². The Morgan fingerprint density at radius 1 is 1.21 bits per heavy atom. The number of carbonyl (C=O) groups is 1. The molecule has 0 bridgehead atoms. The quantitative estimate of drug-likeness (QED) is 0.400. The van der Waals surface area contributed by atoms with Crippen LogP contribution >= 0.6 is 0 Å². The van der Waals surface area contributed by atoms with Crippen LogP contribution in [-0.4, -0.2) is 32.1 Å². The number of aryl methyl sites for hydroxylation is 1. The third kappa shape index (κ3) is 2.88. The van der Waals surface area contributed by atoms with Crippen molar-refractivity contribution in [2.45, 2.75) is 0 Å². The zero-order valence-electron chi connectivity index (χ0n) is 15.1. The third-order valence-corrected chi connectivity index (χ3v) is 4.24. The summed E-state index contributed by atoms with van der Waals surface area (Å²) >= 11 is 0. The van der Waals surface area contributed by atoms with Crippen molar-refractivity contribution in [3.63, 3.8) is 0 Å². The van der Waals surface area contributed by atoms with Crippen molar-refractivity contribution in [3.05, 3.63) is 67.0 Å². The van der Waals surface area contributed by atoms with E-state index in [9.17, 15) is 24.5 Å². The second-order valence-electron chi connectivity index (χ2n) is 5.84. The molecule has 2 heterocycles.